The van der Waals surface area contributed by atoms with Crippen LogP contribution in [0.1, 0.15) is 23.6 Å². The van der Waals surface area contributed by atoms with Crippen LogP contribution in [-0.4, -0.2) is 17.4 Å². The van der Waals surface area contributed by atoms with Gasteiger partial charge in [0.1, 0.15) is 0 Å². The van der Waals surface area contributed by atoms with Gasteiger partial charge in [-0.2, -0.15) is 11.8 Å². The number of amides is 1. The van der Waals surface area contributed by atoms with Crippen LogP contribution < -0.4 is 10.6 Å². The van der Waals surface area contributed by atoms with Crippen molar-refractivity contribution in [1.82, 2.24) is 10.6 Å². The summed E-state index contributed by atoms with van der Waals surface area (Å²) in [5.74, 6) is 0.108. The van der Waals surface area contributed by atoms with E-state index in [1.165, 1.54) is 16.7 Å². The zero-order valence-electron chi connectivity index (χ0n) is 10.7. The van der Waals surface area contributed by atoms with Crippen LogP contribution in [0, 0.1) is 0 Å². The maximum absolute atomic E-state index is 11.6. The number of nitrogens with one attached hydrogen (secondary N) is 2. The number of fused-ring (bicyclic) bond motifs is 1. The van der Waals surface area contributed by atoms with Gasteiger partial charge in [0.25, 0.3) is 0 Å². The summed E-state index contributed by atoms with van der Waals surface area (Å²) < 4.78 is 0. The van der Waals surface area contributed by atoms with Crippen LogP contribution >= 0.6 is 24.2 Å². The molecule has 2 N–H and O–H groups in total. The standard InChI is InChI=1S/C13H18N2OS.ClH/c1-9(17-2)13(16)15-6-10-3-4-11-7-14-8-12(11)5-10;/h3-5,9,14H,6-8H2,1-2H3,(H,15,16);1H. The van der Waals surface area contributed by atoms with Gasteiger partial charge in [0.15, 0.2) is 0 Å². The lowest BCUT2D eigenvalue weighted by molar-refractivity contribution is -0.120. The highest BCUT2D eigenvalue weighted by molar-refractivity contribution is 7.99. The molecule has 5 heteroatoms. The first-order chi connectivity index (χ1) is 8.20. The van der Waals surface area contributed by atoms with Gasteiger partial charge in [0.2, 0.25) is 5.91 Å². The third kappa shape index (κ3) is 3.64. The smallest absolute Gasteiger partial charge is 0.233 e. The second-order valence-corrected chi connectivity index (χ2v) is 5.48. The van der Waals surface area contributed by atoms with Gasteiger partial charge in [-0.1, -0.05) is 18.2 Å². The highest BCUT2D eigenvalue weighted by Gasteiger charge is 2.12. The van der Waals surface area contributed by atoms with Crippen molar-refractivity contribution in [2.24, 2.45) is 0 Å². The Hall–Kier alpha value is -0.710. The van der Waals surface area contributed by atoms with E-state index in [1.807, 2.05) is 13.2 Å². The lowest BCUT2D eigenvalue weighted by Crippen LogP contribution is -2.30. The molecule has 1 heterocycles. The van der Waals surface area contributed by atoms with Crippen molar-refractivity contribution in [3.05, 3.63) is 34.9 Å². The molecule has 3 nitrogen and oxygen atoms in total. The minimum Gasteiger partial charge on any atom is -0.351 e. The van der Waals surface area contributed by atoms with E-state index in [0.29, 0.717) is 6.54 Å². The predicted octanol–water partition coefficient (Wildman–Crippen LogP) is 2.08. The zero-order chi connectivity index (χ0) is 12.3. The van der Waals surface area contributed by atoms with Crippen molar-refractivity contribution in [2.75, 3.05) is 6.26 Å². The average Bonchev–Trinajstić information content (AvgIpc) is 2.82. The van der Waals surface area contributed by atoms with Crippen LogP contribution in [0.2, 0.25) is 0 Å². The normalized spacial score (nSPS) is 14.6. The molecule has 0 bridgehead atoms. The van der Waals surface area contributed by atoms with E-state index in [0.717, 1.165) is 13.1 Å². The summed E-state index contributed by atoms with van der Waals surface area (Å²) in [4.78, 5) is 11.6. The highest BCUT2D eigenvalue weighted by atomic mass is 35.5. The summed E-state index contributed by atoms with van der Waals surface area (Å²) in [5, 5.41) is 6.30. The number of hydrogen-bond donors (Lipinski definition) is 2. The predicted molar refractivity (Wildman–Crippen MR) is 79.1 cm³/mol. The van der Waals surface area contributed by atoms with Gasteiger partial charge in [0, 0.05) is 19.6 Å². The average molecular weight is 287 g/mol. The molecule has 1 aromatic carbocycles. The topological polar surface area (TPSA) is 41.1 Å². The third-order valence-corrected chi connectivity index (χ3v) is 4.01. The van der Waals surface area contributed by atoms with E-state index in [-0.39, 0.29) is 23.6 Å². The van der Waals surface area contributed by atoms with E-state index in [2.05, 4.69) is 28.8 Å². The number of halogens is 1. The molecule has 1 aliphatic rings. The molecule has 1 aliphatic heterocycles. The van der Waals surface area contributed by atoms with Crippen LogP contribution in [0.5, 0.6) is 0 Å². The van der Waals surface area contributed by atoms with Crippen molar-refractivity contribution in [3.63, 3.8) is 0 Å². The maximum atomic E-state index is 11.6. The number of benzene rings is 1. The molecule has 0 saturated heterocycles. The van der Waals surface area contributed by atoms with Gasteiger partial charge >= 0.3 is 0 Å². The number of carbonyl (C=O) groups excluding carboxylic acids is 1. The quantitative estimate of drug-likeness (QED) is 0.890. The molecule has 100 valence electrons. The molecule has 0 aromatic heterocycles. The number of thioether (sulfide) groups is 1. The summed E-state index contributed by atoms with van der Waals surface area (Å²) in [6.07, 6.45) is 1.95. The molecule has 2 rings (SSSR count). The van der Waals surface area contributed by atoms with Crippen LogP contribution in [0.15, 0.2) is 18.2 Å². The monoisotopic (exact) mass is 286 g/mol. The van der Waals surface area contributed by atoms with Crippen molar-refractivity contribution < 1.29 is 4.79 Å². The Morgan fingerprint density at radius 3 is 2.89 bits per heavy atom. The largest absolute Gasteiger partial charge is 0.351 e. The Kier molecular flexibility index (Phi) is 5.99. The molecule has 18 heavy (non-hydrogen) atoms. The number of carbonyl (C=O) groups is 1. The first kappa shape index (κ1) is 15.3. The fraction of sp³-hybridized carbons (Fsp3) is 0.462. The minimum atomic E-state index is 0. The summed E-state index contributed by atoms with van der Waals surface area (Å²) >= 11 is 1.57. The molecule has 0 fully saturated rings. The molecular weight excluding hydrogens is 268 g/mol. The fourth-order valence-electron chi connectivity index (χ4n) is 1.90. The second kappa shape index (κ2) is 7.02. The summed E-state index contributed by atoms with van der Waals surface area (Å²) in [6.45, 7) is 4.45. The lowest BCUT2D eigenvalue weighted by Gasteiger charge is -2.10. The lowest BCUT2D eigenvalue weighted by atomic mass is 10.1. The number of hydrogen-bond acceptors (Lipinski definition) is 3. The van der Waals surface area contributed by atoms with Gasteiger partial charge in [0.05, 0.1) is 5.25 Å². The Morgan fingerprint density at radius 1 is 1.44 bits per heavy atom. The van der Waals surface area contributed by atoms with Gasteiger partial charge < -0.3 is 10.6 Å². The molecule has 1 unspecified atom stereocenters. The second-order valence-electron chi connectivity index (χ2n) is 4.30. The molecule has 1 atom stereocenters. The van der Waals surface area contributed by atoms with Gasteiger partial charge in [-0.25, -0.2) is 0 Å². The SMILES string of the molecule is CSC(C)C(=O)NCc1ccc2c(c1)CNC2.Cl. The van der Waals surface area contributed by atoms with E-state index < -0.39 is 0 Å². The van der Waals surface area contributed by atoms with Crippen LogP contribution in [0.25, 0.3) is 0 Å². The summed E-state index contributed by atoms with van der Waals surface area (Å²) in [5.41, 5.74) is 3.90. The Labute approximate surface area is 119 Å². The molecule has 1 amide bonds. The van der Waals surface area contributed by atoms with Gasteiger partial charge in [-0.15, -0.1) is 12.4 Å². The van der Waals surface area contributed by atoms with Crippen LogP contribution in [0.4, 0.5) is 0 Å². The number of rotatable bonds is 4. The summed E-state index contributed by atoms with van der Waals surface area (Å²) in [7, 11) is 0. The van der Waals surface area contributed by atoms with Gasteiger partial charge in [-0.3, -0.25) is 4.79 Å². The van der Waals surface area contributed by atoms with Crippen LogP contribution in [0.3, 0.4) is 0 Å². The van der Waals surface area contributed by atoms with Gasteiger partial charge in [-0.05, 0) is 29.9 Å². The Bertz CT molecular complexity index is 425. The van der Waals surface area contributed by atoms with E-state index >= 15 is 0 Å². The van der Waals surface area contributed by atoms with Crippen molar-refractivity contribution >= 4 is 30.1 Å². The third-order valence-electron chi connectivity index (χ3n) is 3.09. The summed E-state index contributed by atoms with van der Waals surface area (Å²) in [6, 6.07) is 6.42. The Morgan fingerprint density at radius 2 is 2.17 bits per heavy atom. The van der Waals surface area contributed by atoms with Crippen molar-refractivity contribution in [2.45, 2.75) is 31.8 Å². The van der Waals surface area contributed by atoms with Crippen LogP contribution in [-0.2, 0) is 24.4 Å². The van der Waals surface area contributed by atoms with E-state index in [9.17, 15) is 4.79 Å². The van der Waals surface area contributed by atoms with Crippen molar-refractivity contribution in [1.29, 1.82) is 0 Å². The molecule has 0 spiro atoms. The Balaban J connectivity index is 0.00000162. The first-order valence-corrected chi connectivity index (χ1v) is 7.11. The first-order valence-electron chi connectivity index (χ1n) is 5.82. The molecule has 0 aliphatic carbocycles. The van der Waals surface area contributed by atoms with Crippen molar-refractivity contribution in [3.8, 4) is 0 Å². The highest BCUT2D eigenvalue weighted by Crippen LogP contribution is 2.17. The zero-order valence-corrected chi connectivity index (χ0v) is 12.3. The molecule has 0 radical (unpaired) electrons. The maximum Gasteiger partial charge on any atom is 0.233 e. The van der Waals surface area contributed by atoms with E-state index in [1.54, 1.807) is 11.8 Å². The molecular formula is C13H19ClN2OS. The minimum absolute atomic E-state index is 0. The van der Waals surface area contributed by atoms with E-state index in [4.69, 9.17) is 0 Å². The molecule has 1 aromatic rings. The molecule has 0 saturated carbocycles. The fourth-order valence-corrected chi connectivity index (χ4v) is 2.20.